The van der Waals surface area contributed by atoms with Crippen LogP contribution in [0.15, 0.2) is 30.6 Å². The quantitative estimate of drug-likeness (QED) is 0.854. The molecule has 0 aliphatic heterocycles. The number of nitrogens with one attached hydrogen (secondary N) is 1. The average molecular weight is 314 g/mol. The van der Waals surface area contributed by atoms with E-state index in [4.69, 9.17) is 0 Å². The molecule has 2 heterocycles. The van der Waals surface area contributed by atoms with E-state index in [0.29, 0.717) is 12.3 Å². The van der Waals surface area contributed by atoms with Crippen LogP contribution in [0.4, 0.5) is 0 Å². The predicted molar refractivity (Wildman–Crippen MR) is 90.9 cm³/mol. The maximum absolute atomic E-state index is 12.3. The van der Waals surface area contributed by atoms with E-state index < -0.39 is 0 Å². The highest BCUT2D eigenvalue weighted by molar-refractivity contribution is 5.76. The molecule has 2 aromatic rings. The van der Waals surface area contributed by atoms with Crippen LogP contribution in [0.25, 0.3) is 0 Å². The van der Waals surface area contributed by atoms with Crippen molar-refractivity contribution in [3.8, 4) is 0 Å². The Bertz CT molecular complexity index is 634. The van der Waals surface area contributed by atoms with Crippen LogP contribution < -0.4 is 5.32 Å². The first-order valence-electron chi connectivity index (χ1n) is 8.17. The van der Waals surface area contributed by atoms with Crippen molar-refractivity contribution < 1.29 is 4.79 Å². The molecule has 5 nitrogen and oxygen atoms in total. The largest absolute Gasteiger partial charge is 0.349 e. The number of aryl methyl sites for hydroxylation is 3. The molecule has 1 atom stereocenters. The van der Waals surface area contributed by atoms with Gasteiger partial charge in [0.15, 0.2) is 0 Å². The molecule has 0 fully saturated rings. The Labute approximate surface area is 138 Å². The Morgan fingerprint density at radius 3 is 2.70 bits per heavy atom. The molecule has 0 radical (unpaired) electrons. The lowest BCUT2D eigenvalue weighted by molar-refractivity contribution is -0.122. The first-order valence-corrected chi connectivity index (χ1v) is 8.17. The summed E-state index contributed by atoms with van der Waals surface area (Å²) in [6.45, 7) is 9.00. The molecular weight excluding hydrogens is 288 g/mol. The fourth-order valence-electron chi connectivity index (χ4n) is 2.73. The SMILES string of the molecule is Cc1cc(C)n(CCCC(=O)N[C@@H](c2cccnc2)C(C)C)n1. The molecule has 0 aromatic carbocycles. The molecule has 2 rings (SSSR count). The zero-order chi connectivity index (χ0) is 16.8. The van der Waals surface area contributed by atoms with Crippen LogP contribution in [0.5, 0.6) is 0 Å². The summed E-state index contributed by atoms with van der Waals surface area (Å²) in [7, 11) is 0. The first kappa shape index (κ1) is 17.2. The normalized spacial score (nSPS) is 12.4. The number of amides is 1. The number of hydrogen-bond acceptors (Lipinski definition) is 3. The fourth-order valence-corrected chi connectivity index (χ4v) is 2.73. The van der Waals surface area contributed by atoms with Gasteiger partial charge in [0.1, 0.15) is 0 Å². The summed E-state index contributed by atoms with van der Waals surface area (Å²) in [5, 5.41) is 7.55. The van der Waals surface area contributed by atoms with Gasteiger partial charge in [-0.25, -0.2) is 0 Å². The van der Waals surface area contributed by atoms with Crippen molar-refractivity contribution in [2.45, 2.75) is 53.1 Å². The third-order valence-corrected chi connectivity index (χ3v) is 3.90. The second-order valence-electron chi connectivity index (χ2n) is 6.33. The minimum Gasteiger partial charge on any atom is -0.349 e. The monoisotopic (exact) mass is 314 g/mol. The van der Waals surface area contributed by atoms with E-state index >= 15 is 0 Å². The van der Waals surface area contributed by atoms with Crippen LogP contribution in [0.2, 0.25) is 0 Å². The number of nitrogens with zero attached hydrogens (tertiary/aromatic N) is 3. The second kappa shape index (κ2) is 7.90. The summed E-state index contributed by atoms with van der Waals surface area (Å²) in [6, 6.07) is 5.97. The predicted octanol–water partition coefficient (Wildman–Crippen LogP) is 3.19. The number of hydrogen-bond donors (Lipinski definition) is 1. The van der Waals surface area contributed by atoms with Crippen LogP contribution >= 0.6 is 0 Å². The van der Waals surface area contributed by atoms with E-state index in [1.54, 1.807) is 6.20 Å². The van der Waals surface area contributed by atoms with Crippen molar-refractivity contribution in [2.75, 3.05) is 0 Å². The van der Waals surface area contributed by atoms with E-state index in [9.17, 15) is 4.79 Å². The summed E-state index contributed by atoms with van der Waals surface area (Å²) in [5.74, 6) is 0.397. The highest BCUT2D eigenvalue weighted by atomic mass is 16.1. The number of carbonyl (C=O) groups is 1. The van der Waals surface area contributed by atoms with Crippen molar-refractivity contribution in [3.63, 3.8) is 0 Å². The van der Waals surface area contributed by atoms with Gasteiger partial charge in [0.25, 0.3) is 0 Å². The van der Waals surface area contributed by atoms with Crippen LogP contribution in [-0.2, 0) is 11.3 Å². The minimum atomic E-state index is 0.00452. The van der Waals surface area contributed by atoms with Gasteiger partial charge in [-0.3, -0.25) is 14.5 Å². The number of carbonyl (C=O) groups excluding carboxylic acids is 1. The molecule has 1 N–H and O–H groups in total. The number of pyridine rings is 1. The van der Waals surface area contributed by atoms with Gasteiger partial charge in [-0.05, 0) is 43.9 Å². The van der Waals surface area contributed by atoms with E-state index in [1.807, 2.05) is 36.9 Å². The maximum atomic E-state index is 12.3. The fraction of sp³-hybridized carbons (Fsp3) is 0.500. The molecule has 23 heavy (non-hydrogen) atoms. The Morgan fingerprint density at radius 1 is 1.35 bits per heavy atom. The standard InChI is InChI=1S/C18H26N4O/c1-13(2)18(16-7-5-9-19-12-16)20-17(23)8-6-10-22-15(4)11-14(3)21-22/h5,7,9,11-13,18H,6,8,10H2,1-4H3,(H,20,23)/t18-/m1/s1. The molecular formula is C18H26N4O. The Hall–Kier alpha value is -2.17. The van der Waals surface area contributed by atoms with E-state index in [1.165, 1.54) is 0 Å². The van der Waals surface area contributed by atoms with Gasteiger partial charge >= 0.3 is 0 Å². The average Bonchev–Trinajstić information content (AvgIpc) is 2.83. The highest BCUT2D eigenvalue weighted by Gasteiger charge is 2.18. The van der Waals surface area contributed by atoms with Crippen LogP contribution in [-0.4, -0.2) is 20.7 Å². The van der Waals surface area contributed by atoms with Gasteiger partial charge in [-0.1, -0.05) is 19.9 Å². The molecule has 0 unspecified atom stereocenters. The third kappa shape index (κ3) is 4.91. The van der Waals surface area contributed by atoms with Gasteiger partial charge in [0, 0.05) is 31.1 Å². The molecule has 1 amide bonds. The molecule has 5 heteroatoms. The van der Waals surface area contributed by atoms with Crippen molar-refractivity contribution >= 4 is 5.91 Å². The van der Waals surface area contributed by atoms with Crippen LogP contribution in [0, 0.1) is 19.8 Å². The summed E-state index contributed by atoms with van der Waals surface area (Å²) >= 11 is 0. The zero-order valence-electron chi connectivity index (χ0n) is 14.4. The molecule has 0 saturated carbocycles. The zero-order valence-corrected chi connectivity index (χ0v) is 14.4. The Kier molecular flexibility index (Phi) is 5.90. The van der Waals surface area contributed by atoms with Crippen molar-refractivity contribution in [1.29, 1.82) is 0 Å². The smallest absolute Gasteiger partial charge is 0.220 e. The lowest BCUT2D eigenvalue weighted by Gasteiger charge is -2.22. The van der Waals surface area contributed by atoms with E-state index in [0.717, 1.165) is 29.9 Å². The maximum Gasteiger partial charge on any atom is 0.220 e. The highest BCUT2D eigenvalue weighted by Crippen LogP contribution is 2.20. The first-order chi connectivity index (χ1) is 11.0. The molecule has 124 valence electrons. The van der Waals surface area contributed by atoms with Crippen LogP contribution in [0.3, 0.4) is 0 Å². The van der Waals surface area contributed by atoms with Gasteiger partial charge in [0.2, 0.25) is 5.91 Å². The molecule has 2 aromatic heterocycles. The summed E-state index contributed by atoms with van der Waals surface area (Å²) in [5.41, 5.74) is 3.20. The molecule has 0 aliphatic carbocycles. The minimum absolute atomic E-state index is 0.00452. The Morgan fingerprint density at radius 2 is 2.13 bits per heavy atom. The van der Waals surface area contributed by atoms with Crippen molar-refractivity contribution in [3.05, 3.63) is 47.5 Å². The topological polar surface area (TPSA) is 59.8 Å². The molecule has 0 bridgehead atoms. The summed E-state index contributed by atoms with van der Waals surface area (Å²) in [6.07, 6.45) is 4.85. The lowest BCUT2D eigenvalue weighted by Crippen LogP contribution is -2.31. The molecule has 0 spiro atoms. The second-order valence-corrected chi connectivity index (χ2v) is 6.33. The van der Waals surface area contributed by atoms with Crippen molar-refractivity contribution in [2.24, 2.45) is 5.92 Å². The lowest BCUT2D eigenvalue weighted by atomic mass is 9.97. The number of aromatic nitrogens is 3. The van der Waals surface area contributed by atoms with Gasteiger partial charge < -0.3 is 5.32 Å². The Balaban J connectivity index is 1.86. The molecule has 0 aliphatic rings. The third-order valence-electron chi connectivity index (χ3n) is 3.90. The van der Waals surface area contributed by atoms with Gasteiger partial charge in [-0.2, -0.15) is 5.10 Å². The van der Waals surface area contributed by atoms with E-state index in [-0.39, 0.29) is 11.9 Å². The summed E-state index contributed by atoms with van der Waals surface area (Å²) < 4.78 is 1.96. The summed E-state index contributed by atoms with van der Waals surface area (Å²) in [4.78, 5) is 16.4. The van der Waals surface area contributed by atoms with Crippen molar-refractivity contribution in [1.82, 2.24) is 20.1 Å². The van der Waals surface area contributed by atoms with Crippen LogP contribution in [0.1, 0.15) is 49.7 Å². The van der Waals surface area contributed by atoms with E-state index in [2.05, 4.69) is 35.3 Å². The van der Waals surface area contributed by atoms with Gasteiger partial charge in [0.05, 0.1) is 11.7 Å². The van der Waals surface area contributed by atoms with Gasteiger partial charge in [-0.15, -0.1) is 0 Å². The number of rotatable bonds is 7. The molecule has 0 saturated heterocycles.